The van der Waals surface area contributed by atoms with E-state index in [1.807, 2.05) is 7.05 Å². The molecule has 0 aromatic carbocycles. The molecule has 20 heavy (non-hydrogen) atoms. The number of piperidine rings is 1. The number of rotatable bonds is 4. The fraction of sp³-hybridized carbons (Fsp3) is 0.786. The summed E-state index contributed by atoms with van der Waals surface area (Å²) in [5.74, 6) is 2.65. The maximum atomic E-state index is 4.58. The van der Waals surface area contributed by atoms with Crippen molar-refractivity contribution >= 4 is 28.2 Å². The maximum absolute atomic E-state index is 4.58. The van der Waals surface area contributed by atoms with Crippen molar-refractivity contribution in [1.29, 1.82) is 0 Å². The SMILES string of the molecule is CNc1nc(CN2CCC(N3CCSCC3)CC2)cs1. The first-order chi connectivity index (χ1) is 9.85. The highest BCUT2D eigenvalue weighted by molar-refractivity contribution is 7.99. The minimum absolute atomic E-state index is 0.829. The van der Waals surface area contributed by atoms with E-state index in [0.29, 0.717) is 0 Å². The van der Waals surface area contributed by atoms with Crippen molar-refractivity contribution in [3.63, 3.8) is 0 Å². The smallest absolute Gasteiger partial charge is 0.182 e. The molecule has 0 bridgehead atoms. The third-order valence-corrected chi connectivity index (χ3v) is 6.12. The quantitative estimate of drug-likeness (QED) is 0.921. The Labute approximate surface area is 129 Å². The normalized spacial score (nSPS) is 23.1. The van der Waals surface area contributed by atoms with Crippen LogP contribution < -0.4 is 5.32 Å². The number of nitrogens with one attached hydrogen (secondary N) is 1. The van der Waals surface area contributed by atoms with Crippen LogP contribution in [0, 0.1) is 0 Å². The molecule has 0 radical (unpaired) electrons. The van der Waals surface area contributed by atoms with Gasteiger partial charge >= 0.3 is 0 Å². The Hall–Kier alpha value is -0.300. The number of likely N-dealkylation sites (tertiary alicyclic amines) is 1. The van der Waals surface area contributed by atoms with Crippen LogP contribution in [0.5, 0.6) is 0 Å². The molecule has 0 spiro atoms. The molecule has 0 unspecified atom stereocenters. The van der Waals surface area contributed by atoms with Gasteiger partial charge < -0.3 is 5.32 Å². The molecule has 0 aliphatic carbocycles. The van der Waals surface area contributed by atoms with Crippen molar-refractivity contribution in [2.75, 3.05) is 50.0 Å². The lowest BCUT2D eigenvalue weighted by Crippen LogP contribution is -2.47. The molecule has 1 aromatic rings. The van der Waals surface area contributed by atoms with Crippen molar-refractivity contribution in [2.45, 2.75) is 25.4 Å². The zero-order valence-corrected chi connectivity index (χ0v) is 13.8. The summed E-state index contributed by atoms with van der Waals surface area (Å²) >= 11 is 3.81. The summed E-state index contributed by atoms with van der Waals surface area (Å²) in [6, 6.07) is 0.829. The summed E-state index contributed by atoms with van der Waals surface area (Å²) in [5, 5.41) is 6.32. The van der Waals surface area contributed by atoms with E-state index in [1.165, 1.54) is 56.2 Å². The van der Waals surface area contributed by atoms with Gasteiger partial charge in [-0.05, 0) is 12.8 Å². The zero-order valence-electron chi connectivity index (χ0n) is 12.2. The second kappa shape index (κ2) is 7.11. The minimum atomic E-state index is 0.829. The number of hydrogen-bond acceptors (Lipinski definition) is 6. The van der Waals surface area contributed by atoms with Crippen LogP contribution in [-0.4, -0.2) is 65.6 Å². The second-order valence-electron chi connectivity index (χ2n) is 5.55. The summed E-state index contributed by atoms with van der Waals surface area (Å²) < 4.78 is 0. The predicted molar refractivity (Wildman–Crippen MR) is 88.9 cm³/mol. The van der Waals surface area contributed by atoms with Gasteiger partial charge in [0.1, 0.15) is 0 Å². The van der Waals surface area contributed by atoms with Crippen molar-refractivity contribution in [1.82, 2.24) is 14.8 Å². The summed E-state index contributed by atoms with van der Waals surface area (Å²) in [6.07, 6.45) is 2.65. The van der Waals surface area contributed by atoms with Gasteiger partial charge in [-0.1, -0.05) is 0 Å². The van der Waals surface area contributed by atoms with Crippen LogP contribution in [0.15, 0.2) is 5.38 Å². The Bertz CT molecular complexity index is 409. The molecule has 6 heteroatoms. The second-order valence-corrected chi connectivity index (χ2v) is 7.63. The molecule has 2 fully saturated rings. The average molecular weight is 313 g/mol. The summed E-state index contributed by atoms with van der Waals surface area (Å²) in [6.45, 7) is 6.06. The summed E-state index contributed by atoms with van der Waals surface area (Å²) in [4.78, 5) is 9.86. The molecule has 3 rings (SSSR count). The fourth-order valence-electron chi connectivity index (χ4n) is 3.11. The summed E-state index contributed by atoms with van der Waals surface area (Å²) in [5.41, 5.74) is 1.21. The molecule has 1 aromatic heterocycles. The molecule has 0 atom stereocenters. The number of thioether (sulfide) groups is 1. The van der Waals surface area contributed by atoms with E-state index in [2.05, 4.69) is 37.2 Å². The van der Waals surface area contributed by atoms with E-state index >= 15 is 0 Å². The highest BCUT2D eigenvalue weighted by Crippen LogP contribution is 2.22. The topological polar surface area (TPSA) is 31.4 Å². The first-order valence-corrected chi connectivity index (χ1v) is 9.55. The predicted octanol–water partition coefficient (Wildman–Crippen LogP) is 2.20. The van der Waals surface area contributed by atoms with Gasteiger partial charge in [-0.25, -0.2) is 4.98 Å². The Kier molecular flexibility index (Phi) is 5.20. The van der Waals surface area contributed by atoms with Crippen molar-refractivity contribution in [3.05, 3.63) is 11.1 Å². The first-order valence-electron chi connectivity index (χ1n) is 7.51. The number of aromatic nitrogens is 1. The van der Waals surface area contributed by atoms with Crippen molar-refractivity contribution in [3.8, 4) is 0 Å². The Balaban J connectivity index is 1.45. The van der Waals surface area contributed by atoms with Crippen LogP contribution in [-0.2, 0) is 6.54 Å². The molecule has 1 N–H and O–H groups in total. The van der Waals surface area contributed by atoms with Crippen molar-refractivity contribution in [2.24, 2.45) is 0 Å². The number of hydrogen-bond donors (Lipinski definition) is 1. The van der Waals surface area contributed by atoms with Crippen LogP contribution in [0.25, 0.3) is 0 Å². The van der Waals surface area contributed by atoms with E-state index in [4.69, 9.17) is 0 Å². The monoisotopic (exact) mass is 312 g/mol. The van der Waals surface area contributed by atoms with Gasteiger partial charge in [-0.2, -0.15) is 11.8 Å². The third kappa shape index (κ3) is 3.67. The molecular weight excluding hydrogens is 288 g/mol. The Morgan fingerprint density at radius 2 is 2.00 bits per heavy atom. The molecule has 2 aliphatic rings. The van der Waals surface area contributed by atoms with Crippen LogP contribution in [0.3, 0.4) is 0 Å². The van der Waals surface area contributed by atoms with Crippen LogP contribution in [0.4, 0.5) is 5.13 Å². The van der Waals surface area contributed by atoms with E-state index in [0.717, 1.165) is 17.7 Å². The Morgan fingerprint density at radius 1 is 1.25 bits per heavy atom. The standard InChI is InChI=1S/C14H24N4S2/c1-15-14-16-12(11-20-14)10-17-4-2-13(3-5-17)18-6-8-19-9-7-18/h11,13H,2-10H2,1H3,(H,15,16). The van der Waals surface area contributed by atoms with E-state index < -0.39 is 0 Å². The maximum Gasteiger partial charge on any atom is 0.182 e. The first kappa shape index (κ1) is 14.6. The zero-order chi connectivity index (χ0) is 13.8. The molecule has 0 amide bonds. The number of nitrogens with zero attached hydrogens (tertiary/aromatic N) is 3. The van der Waals surface area contributed by atoms with E-state index in [9.17, 15) is 0 Å². The average Bonchev–Trinajstić information content (AvgIpc) is 2.97. The lowest BCUT2D eigenvalue weighted by Gasteiger charge is -2.39. The van der Waals surface area contributed by atoms with Gasteiger partial charge in [-0.3, -0.25) is 9.80 Å². The van der Waals surface area contributed by atoms with Gasteiger partial charge in [0.2, 0.25) is 0 Å². The van der Waals surface area contributed by atoms with Gasteiger partial charge in [-0.15, -0.1) is 11.3 Å². The highest BCUT2D eigenvalue weighted by Gasteiger charge is 2.25. The molecular formula is C14H24N4S2. The Morgan fingerprint density at radius 3 is 2.65 bits per heavy atom. The molecule has 0 saturated carbocycles. The third-order valence-electron chi connectivity index (χ3n) is 4.27. The number of anilines is 1. The summed E-state index contributed by atoms with van der Waals surface area (Å²) in [7, 11) is 1.94. The number of thiazole rings is 1. The van der Waals surface area contributed by atoms with Gasteiger partial charge in [0.05, 0.1) is 5.69 Å². The van der Waals surface area contributed by atoms with E-state index in [1.54, 1.807) is 11.3 Å². The molecule has 4 nitrogen and oxygen atoms in total. The molecule has 112 valence electrons. The highest BCUT2D eigenvalue weighted by atomic mass is 32.2. The largest absolute Gasteiger partial charge is 0.365 e. The van der Waals surface area contributed by atoms with E-state index in [-0.39, 0.29) is 0 Å². The van der Waals surface area contributed by atoms with Crippen LogP contribution in [0.1, 0.15) is 18.5 Å². The molecule has 2 aliphatic heterocycles. The minimum Gasteiger partial charge on any atom is -0.365 e. The lowest BCUT2D eigenvalue weighted by atomic mass is 10.0. The van der Waals surface area contributed by atoms with Gasteiger partial charge in [0.15, 0.2) is 5.13 Å². The van der Waals surface area contributed by atoms with Crippen LogP contribution in [0.2, 0.25) is 0 Å². The molecule has 3 heterocycles. The van der Waals surface area contributed by atoms with Crippen LogP contribution >= 0.6 is 23.1 Å². The van der Waals surface area contributed by atoms with Crippen molar-refractivity contribution < 1.29 is 0 Å². The van der Waals surface area contributed by atoms with Gasteiger partial charge in [0.25, 0.3) is 0 Å². The van der Waals surface area contributed by atoms with Gasteiger partial charge in [0, 0.05) is 62.7 Å². The molecule has 2 saturated heterocycles. The lowest BCUT2D eigenvalue weighted by molar-refractivity contribution is 0.112. The fourth-order valence-corrected chi connectivity index (χ4v) is 4.70.